The Bertz CT molecular complexity index is 590. The number of hydrogen-bond acceptors (Lipinski definition) is 6. The minimum Gasteiger partial charge on any atom is -0.368 e. The maximum atomic E-state index is 4.59. The molecule has 2 aromatic rings. The third kappa shape index (κ3) is 2.86. The first kappa shape index (κ1) is 13.9. The van der Waals surface area contributed by atoms with Crippen molar-refractivity contribution in [1.29, 1.82) is 0 Å². The van der Waals surface area contributed by atoms with Crippen molar-refractivity contribution in [3.8, 4) is 0 Å². The number of fused-ring (bicyclic) bond motifs is 1. The minimum atomic E-state index is 0.698. The molecule has 4 nitrogen and oxygen atoms in total. The minimum absolute atomic E-state index is 0.698. The van der Waals surface area contributed by atoms with Crippen molar-refractivity contribution < 1.29 is 0 Å². The van der Waals surface area contributed by atoms with Crippen LogP contribution in [-0.2, 0) is 6.42 Å². The zero-order chi connectivity index (χ0) is 13.9. The van der Waals surface area contributed by atoms with E-state index in [1.54, 1.807) is 11.3 Å². The Morgan fingerprint density at radius 3 is 3.00 bits per heavy atom. The lowest BCUT2D eigenvalue weighted by Gasteiger charge is -2.12. The predicted molar refractivity (Wildman–Crippen MR) is 90.3 cm³/mol. The highest BCUT2D eigenvalue weighted by molar-refractivity contribution is 8.00. The van der Waals surface area contributed by atoms with Gasteiger partial charge in [-0.3, -0.25) is 0 Å². The number of anilines is 2. The molecule has 108 valence electrons. The summed E-state index contributed by atoms with van der Waals surface area (Å²) in [5, 5.41) is 8.48. The summed E-state index contributed by atoms with van der Waals surface area (Å²) < 4.78 is 0. The van der Waals surface area contributed by atoms with Gasteiger partial charge < -0.3 is 10.6 Å². The summed E-state index contributed by atoms with van der Waals surface area (Å²) in [6.07, 6.45) is 3.71. The molecule has 2 N–H and O–H groups in total. The van der Waals surface area contributed by atoms with E-state index in [4.69, 9.17) is 0 Å². The van der Waals surface area contributed by atoms with Crippen LogP contribution in [0, 0.1) is 0 Å². The number of aryl methyl sites for hydroxylation is 1. The van der Waals surface area contributed by atoms with E-state index >= 15 is 0 Å². The van der Waals surface area contributed by atoms with Gasteiger partial charge in [-0.2, -0.15) is 16.7 Å². The summed E-state index contributed by atoms with van der Waals surface area (Å²) in [5.41, 5.74) is 0. The summed E-state index contributed by atoms with van der Waals surface area (Å²) in [7, 11) is 1.87. The van der Waals surface area contributed by atoms with Gasteiger partial charge in [0.05, 0.1) is 5.39 Å². The van der Waals surface area contributed by atoms with Gasteiger partial charge in [-0.25, -0.2) is 4.98 Å². The van der Waals surface area contributed by atoms with Gasteiger partial charge in [0, 0.05) is 23.7 Å². The number of nitrogens with one attached hydrogen (secondary N) is 2. The lowest BCUT2D eigenvalue weighted by atomic mass is 10.2. The van der Waals surface area contributed by atoms with Crippen LogP contribution in [0.2, 0.25) is 0 Å². The molecule has 3 rings (SSSR count). The molecule has 1 fully saturated rings. The number of thioether (sulfide) groups is 1. The third-order valence-electron chi connectivity index (χ3n) is 3.54. The Labute approximate surface area is 127 Å². The fourth-order valence-corrected chi connectivity index (χ4v) is 4.58. The molecule has 1 atom stereocenters. The SMILES string of the molecule is CCc1cc2c(NCC3CCCS3)nc(NC)nc2s1. The molecule has 1 saturated heterocycles. The van der Waals surface area contributed by atoms with Crippen LogP contribution < -0.4 is 10.6 Å². The molecule has 0 amide bonds. The van der Waals surface area contributed by atoms with E-state index in [9.17, 15) is 0 Å². The van der Waals surface area contributed by atoms with Crippen molar-refractivity contribution in [3.05, 3.63) is 10.9 Å². The maximum absolute atomic E-state index is 4.59. The average molecular weight is 308 g/mol. The van der Waals surface area contributed by atoms with Crippen LogP contribution in [0.1, 0.15) is 24.6 Å². The lowest BCUT2D eigenvalue weighted by Crippen LogP contribution is -2.15. The molecule has 6 heteroatoms. The molecule has 0 spiro atoms. The van der Waals surface area contributed by atoms with Gasteiger partial charge in [0.2, 0.25) is 5.95 Å². The molecule has 2 aromatic heterocycles. The molecular formula is C14H20N4S2. The van der Waals surface area contributed by atoms with Crippen LogP contribution in [0.25, 0.3) is 10.2 Å². The van der Waals surface area contributed by atoms with Crippen LogP contribution in [0.4, 0.5) is 11.8 Å². The molecule has 20 heavy (non-hydrogen) atoms. The van der Waals surface area contributed by atoms with Gasteiger partial charge in [-0.15, -0.1) is 11.3 Å². The normalized spacial score (nSPS) is 18.6. The highest BCUT2D eigenvalue weighted by atomic mass is 32.2. The zero-order valence-corrected chi connectivity index (χ0v) is 13.5. The Hall–Kier alpha value is -1.01. The van der Waals surface area contributed by atoms with Crippen LogP contribution in [0.15, 0.2) is 6.07 Å². The highest BCUT2D eigenvalue weighted by Crippen LogP contribution is 2.31. The molecular weight excluding hydrogens is 288 g/mol. The highest BCUT2D eigenvalue weighted by Gasteiger charge is 2.17. The van der Waals surface area contributed by atoms with Crippen molar-refractivity contribution in [2.24, 2.45) is 0 Å². The van der Waals surface area contributed by atoms with Gasteiger partial charge in [-0.1, -0.05) is 6.92 Å². The van der Waals surface area contributed by atoms with Gasteiger partial charge in [0.1, 0.15) is 10.6 Å². The first-order valence-corrected chi connectivity index (χ1v) is 9.00. The van der Waals surface area contributed by atoms with Crippen molar-refractivity contribution in [2.45, 2.75) is 31.4 Å². The van der Waals surface area contributed by atoms with Gasteiger partial charge in [0.15, 0.2) is 0 Å². The zero-order valence-electron chi connectivity index (χ0n) is 11.9. The van der Waals surface area contributed by atoms with E-state index < -0.39 is 0 Å². The van der Waals surface area contributed by atoms with Crippen molar-refractivity contribution >= 4 is 45.1 Å². The topological polar surface area (TPSA) is 49.8 Å². The second-order valence-electron chi connectivity index (χ2n) is 4.95. The second-order valence-corrected chi connectivity index (χ2v) is 7.47. The van der Waals surface area contributed by atoms with Crippen molar-refractivity contribution in [2.75, 3.05) is 30.0 Å². The Morgan fingerprint density at radius 2 is 2.30 bits per heavy atom. The summed E-state index contributed by atoms with van der Waals surface area (Å²) in [6, 6.07) is 2.23. The van der Waals surface area contributed by atoms with E-state index in [1.807, 2.05) is 7.05 Å². The third-order valence-corrected chi connectivity index (χ3v) is 6.11. The molecule has 0 aliphatic carbocycles. The van der Waals surface area contributed by atoms with Crippen LogP contribution in [0.3, 0.4) is 0 Å². The van der Waals surface area contributed by atoms with E-state index in [0.717, 1.165) is 34.2 Å². The Morgan fingerprint density at radius 1 is 1.40 bits per heavy atom. The van der Waals surface area contributed by atoms with Gasteiger partial charge in [0.25, 0.3) is 0 Å². The van der Waals surface area contributed by atoms with Crippen LogP contribution in [0.5, 0.6) is 0 Å². The summed E-state index contributed by atoms with van der Waals surface area (Å²) >= 11 is 3.83. The second kappa shape index (κ2) is 6.18. The summed E-state index contributed by atoms with van der Waals surface area (Å²) in [6.45, 7) is 3.18. The fraction of sp³-hybridized carbons (Fsp3) is 0.571. The number of rotatable bonds is 5. The fourth-order valence-electron chi connectivity index (χ4n) is 2.41. The molecule has 1 aliphatic rings. The standard InChI is InChI=1S/C14H20N4S2/c1-3-9-7-11-12(16-8-10-5-4-6-19-10)17-14(15-2)18-13(11)20-9/h7,10H,3-6,8H2,1-2H3,(H2,15,16,17,18). The average Bonchev–Trinajstić information content (AvgIpc) is 3.12. The molecule has 0 aromatic carbocycles. The molecule has 0 bridgehead atoms. The first-order valence-electron chi connectivity index (χ1n) is 7.14. The van der Waals surface area contributed by atoms with Crippen molar-refractivity contribution in [1.82, 2.24) is 9.97 Å². The largest absolute Gasteiger partial charge is 0.368 e. The van der Waals surface area contributed by atoms with E-state index in [0.29, 0.717) is 5.95 Å². The van der Waals surface area contributed by atoms with E-state index in [2.05, 4.69) is 45.4 Å². The van der Waals surface area contributed by atoms with Crippen LogP contribution >= 0.6 is 23.1 Å². The number of hydrogen-bond donors (Lipinski definition) is 2. The predicted octanol–water partition coefficient (Wildman–Crippen LogP) is 3.60. The van der Waals surface area contributed by atoms with Gasteiger partial charge >= 0.3 is 0 Å². The number of thiophene rings is 1. The van der Waals surface area contributed by atoms with Crippen molar-refractivity contribution in [3.63, 3.8) is 0 Å². The monoisotopic (exact) mass is 308 g/mol. The van der Waals surface area contributed by atoms with Gasteiger partial charge in [-0.05, 0) is 31.1 Å². The number of aromatic nitrogens is 2. The molecule has 1 unspecified atom stereocenters. The molecule has 3 heterocycles. The molecule has 0 radical (unpaired) electrons. The lowest BCUT2D eigenvalue weighted by molar-refractivity contribution is 0.804. The Kier molecular flexibility index (Phi) is 4.31. The molecule has 0 saturated carbocycles. The number of nitrogens with zero attached hydrogens (tertiary/aromatic N) is 2. The van der Waals surface area contributed by atoms with E-state index in [1.165, 1.54) is 23.5 Å². The van der Waals surface area contributed by atoms with E-state index in [-0.39, 0.29) is 0 Å². The molecule has 1 aliphatic heterocycles. The van der Waals surface area contributed by atoms with Crippen LogP contribution in [-0.4, -0.2) is 34.6 Å². The quantitative estimate of drug-likeness (QED) is 0.884. The first-order chi connectivity index (χ1) is 9.80. The Balaban J connectivity index is 1.87. The smallest absolute Gasteiger partial charge is 0.225 e. The summed E-state index contributed by atoms with van der Waals surface area (Å²) in [5.74, 6) is 2.97. The summed E-state index contributed by atoms with van der Waals surface area (Å²) in [4.78, 5) is 11.6. The maximum Gasteiger partial charge on any atom is 0.225 e.